The van der Waals surface area contributed by atoms with E-state index >= 15 is 0 Å². The normalized spacial score (nSPS) is 15.4. The molecule has 1 aliphatic rings. The average molecular weight is 401 g/mol. The van der Waals surface area contributed by atoms with Crippen molar-refractivity contribution in [3.05, 3.63) is 58.4 Å². The van der Waals surface area contributed by atoms with E-state index in [1.807, 2.05) is 48.4 Å². The average Bonchev–Trinajstić information content (AvgIpc) is 3.11. The number of carbonyl (C=O) groups excluding carboxylic acids is 1. The quantitative estimate of drug-likeness (QED) is 0.542. The van der Waals surface area contributed by atoms with Gasteiger partial charge in [-0.2, -0.15) is 0 Å². The lowest BCUT2D eigenvalue weighted by molar-refractivity contribution is 0.0705. The molecule has 1 aromatic heterocycles. The van der Waals surface area contributed by atoms with Crippen molar-refractivity contribution in [3.63, 3.8) is 0 Å². The molecule has 140 valence electrons. The van der Waals surface area contributed by atoms with E-state index in [0.29, 0.717) is 18.1 Å². The fourth-order valence-electron chi connectivity index (χ4n) is 3.55. The molecule has 3 aromatic rings. The molecule has 0 saturated carbocycles. The molecule has 2 heterocycles. The summed E-state index contributed by atoms with van der Waals surface area (Å²) in [5.41, 5.74) is 3.38. The summed E-state index contributed by atoms with van der Waals surface area (Å²) < 4.78 is 5.92. The van der Waals surface area contributed by atoms with Crippen LogP contribution >= 0.6 is 23.4 Å². The van der Waals surface area contributed by atoms with Crippen molar-refractivity contribution >= 4 is 40.4 Å². The number of hydrogen-bond donors (Lipinski definition) is 0. The maximum atomic E-state index is 13.0. The monoisotopic (exact) mass is 400 g/mol. The van der Waals surface area contributed by atoms with Crippen LogP contribution in [0.15, 0.2) is 45.7 Å². The zero-order chi connectivity index (χ0) is 19.0. The molecule has 0 spiro atoms. The number of hydrogen-bond acceptors (Lipinski definition) is 4. The molecule has 0 radical (unpaired) electrons. The number of benzene rings is 2. The maximum absolute atomic E-state index is 13.0. The highest BCUT2D eigenvalue weighted by atomic mass is 35.5. The van der Waals surface area contributed by atoms with Crippen LogP contribution in [-0.4, -0.2) is 35.1 Å². The number of piperidine rings is 1. The lowest BCUT2D eigenvalue weighted by atomic mass is 9.96. The van der Waals surface area contributed by atoms with Gasteiger partial charge < -0.3 is 9.32 Å². The first-order chi connectivity index (χ1) is 13.0. The van der Waals surface area contributed by atoms with Crippen molar-refractivity contribution in [2.24, 2.45) is 0 Å². The number of oxazole rings is 1. The zero-order valence-electron chi connectivity index (χ0n) is 15.4. The molecule has 0 atom stereocenters. The van der Waals surface area contributed by atoms with Crippen LogP contribution in [0.3, 0.4) is 0 Å². The van der Waals surface area contributed by atoms with E-state index in [1.54, 1.807) is 11.8 Å². The fraction of sp³-hybridized carbons (Fsp3) is 0.333. The molecule has 1 fully saturated rings. The smallest absolute Gasteiger partial charge is 0.254 e. The van der Waals surface area contributed by atoms with Gasteiger partial charge in [0.05, 0.1) is 0 Å². The number of amides is 1. The summed E-state index contributed by atoms with van der Waals surface area (Å²) in [6, 6.07) is 11.6. The van der Waals surface area contributed by atoms with E-state index in [0.717, 1.165) is 45.9 Å². The molecule has 4 rings (SSSR count). The largest absolute Gasteiger partial charge is 0.440 e. The van der Waals surface area contributed by atoms with E-state index in [2.05, 4.69) is 11.1 Å². The third kappa shape index (κ3) is 3.71. The second-order valence-electron chi connectivity index (χ2n) is 6.91. The maximum Gasteiger partial charge on any atom is 0.254 e. The van der Waals surface area contributed by atoms with Crippen molar-refractivity contribution in [1.29, 1.82) is 0 Å². The molecule has 0 unspecified atom stereocenters. The van der Waals surface area contributed by atoms with Crippen LogP contribution in [0.1, 0.15) is 40.6 Å². The number of carbonyl (C=O) groups is 1. The molecule has 0 aliphatic carbocycles. The van der Waals surface area contributed by atoms with E-state index in [-0.39, 0.29) is 11.8 Å². The summed E-state index contributed by atoms with van der Waals surface area (Å²) in [5.74, 6) is 1.10. The van der Waals surface area contributed by atoms with Gasteiger partial charge in [0.2, 0.25) is 0 Å². The molecule has 6 heteroatoms. The number of fused-ring (bicyclic) bond motifs is 1. The predicted octanol–water partition coefficient (Wildman–Crippen LogP) is 5.53. The SMILES string of the molecule is CSc1ccc(C)c(C(=O)N2CCC(c3nc4cc(Cl)ccc4o3)CC2)c1. The molecule has 4 nitrogen and oxygen atoms in total. The second kappa shape index (κ2) is 7.56. The van der Waals surface area contributed by atoms with Crippen LogP contribution in [0.2, 0.25) is 5.02 Å². The van der Waals surface area contributed by atoms with Crippen molar-refractivity contribution in [3.8, 4) is 0 Å². The van der Waals surface area contributed by atoms with Crippen LogP contribution in [0.5, 0.6) is 0 Å². The Morgan fingerprint density at radius 3 is 2.74 bits per heavy atom. The highest BCUT2D eigenvalue weighted by Gasteiger charge is 2.28. The molecular formula is C21H21ClN2O2S. The second-order valence-corrected chi connectivity index (χ2v) is 8.23. The number of likely N-dealkylation sites (tertiary alicyclic amines) is 1. The topological polar surface area (TPSA) is 46.3 Å². The van der Waals surface area contributed by atoms with Gasteiger partial charge in [-0.25, -0.2) is 4.98 Å². The minimum atomic E-state index is 0.117. The van der Waals surface area contributed by atoms with E-state index in [4.69, 9.17) is 16.0 Å². The van der Waals surface area contributed by atoms with Gasteiger partial charge in [-0.3, -0.25) is 4.79 Å². The molecule has 1 saturated heterocycles. The zero-order valence-corrected chi connectivity index (χ0v) is 16.9. The molecule has 2 aromatic carbocycles. The van der Waals surface area contributed by atoms with Crippen LogP contribution in [-0.2, 0) is 0 Å². The fourth-order valence-corrected chi connectivity index (χ4v) is 4.16. The highest BCUT2D eigenvalue weighted by Crippen LogP contribution is 2.31. The first kappa shape index (κ1) is 18.4. The summed E-state index contributed by atoms with van der Waals surface area (Å²) in [6.07, 6.45) is 3.74. The van der Waals surface area contributed by atoms with Crippen molar-refractivity contribution < 1.29 is 9.21 Å². The van der Waals surface area contributed by atoms with Gasteiger partial charge in [-0.15, -0.1) is 11.8 Å². The number of aromatic nitrogens is 1. The van der Waals surface area contributed by atoms with Crippen molar-refractivity contribution in [1.82, 2.24) is 9.88 Å². The van der Waals surface area contributed by atoms with Crippen LogP contribution in [0.4, 0.5) is 0 Å². The van der Waals surface area contributed by atoms with Gasteiger partial charge in [0.1, 0.15) is 5.52 Å². The van der Waals surface area contributed by atoms with Crippen molar-refractivity contribution in [2.45, 2.75) is 30.6 Å². The lowest BCUT2D eigenvalue weighted by Crippen LogP contribution is -2.38. The highest BCUT2D eigenvalue weighted by molar-refractivity contribution is 7.98. The Bertz CT molecular complexity index is 993. The minimum absolute atomic E-state index is 0.117. The summed E-state index contributed by atoms with van der Waals surface area (Å²) >= 11 is 7.69. The Morgan fingerprint density at radius 1 is 1.22 bits per heavy atom. The number of halogens is 1. The van der Waals surface area contributed by atoms with Gasteiger partial charge in [0.25, 0.3) is 5.91 Å². The Balaban J connectivity index is 1.47. The third-order valence-corrected chi connectivity index (χ3v) is 6.13. The molecule has 0 bridgehead atoms. The van der Waals surface area contributed by atoms with Gasteiger partial charge in [-0.05, 0) is 61.9 Å². The van der Waals surface area contributed by atoms with E-state index < -0.39 is 0 Å². The number of aryl methyl sites for hydroxylation is 1. The number of nitrogens with zero attached hydrogens (tertiary/aromatic N) is 2. The van der Waals surface area contributed by atoms with Crippen LogP contribution < -0.4 is 0 Å². The standard InChI is InChI=1S/C21H21ClN2O2S/c1-13-3-5-16(27-2)12-17(13)21(25)24-9-7-14(8-10-24)20-23-18-11-15(22)4-6-19(18)26-20/h3-6,11-12,14H,7-10H2,1-2H3. The molecule has 1 aliphatic heterocycles. The molecule has 0 N–H and O–H groups in total. The first-order valence-corrected chi connectivity index (χ1v) is 10.7. The van der Waals surface area contributed by atoms with Gasteiger partial charge in [0, 0.05) is 34.5 Å². The first-order valence-electron chi connectivity index (χ1n) is 9.05. The third-order valence-electron chi connectivity index (χ3n) is 5.17. The Kier molecular flexibility index (Phi) is 5.15. The minimum Gasteiger partial charge on any atom is -0.440 e. The van der Waals surface area contributed by atoms with Crippen LogP contribution in [0, 0.1) is 6.92 Å². The molecule has 27 heavy (non-hydrogen) atoms. The Morgan fingerprint density at radius 2 is 2.00 bits per heavy atom. The summed E-state index contributed by atoms with van der Waals surface area (Å²) in [4.78, 5) is 20.6. The summed E-state index contributed by atoms with van der Waals surface area (Å²) in [5, 5.41) is 0.658. The molecular weight excluding hydrogens is 380 g/mol. The summed E-state index contributed by atoms with van der Waals surface area (Å²) in [6.45, 7) is 3.42. The number of thioether (sulfide) groups is 1. The number of rotatable bonds is 3. The lowest BCUT2D eigenvalue weighted by Gasteiger charge is -2.31. The molecule has 1 amide bonds. The van der Waals surface area contributed by atoms with E-state index in [9.17, 15) is 4.79 Å². The van der Waals surface area contributed by atoms with Crippen molar-refractivity contribution in [2.75, 3.05) is 19.3 Å². The predicted molar refractivity (Wildman–Crippen MR) is 110 cm³/mol. The van der Waals surface area contributed by atoms with Gasteiger partial charge in [-0.1, -0.05) is 17.7 Å². The Hall–Kier alpha value is -1.98. The van der Waals surface area contributed by atoms with E-state index in [1.165, 1.54) is 0 Å². The van der Waals surface area contributed by atoms with Crippen LogP contribution in [0.25, 0.3) is 11.1 Å². The Labute approximate surface area is 167 Å². The summed E-state index contributed by atoms with van der Waals surface area (Å²) in [7, 11) is 0. The van der Waals surface area contributed by atoms with Gasteiger partial charge >= 0.3 is 0 Å². The van der Waals surface area contributed by atoms with Gasteiger partial charge in [0.15, 0.2) is 11.5 Å².